The van der Waals surface area contributed by atoms with Gasteiger partial charge in [-0.2, -0.15) is 0 Å². The van der Waals surface area contributed by atoms with E-state index in [0.29, 0.717) is 17.8 Å². The summed E-state index contributed by atoms with van der Waals surface area (Å²) < 4.78 is 5.52. The summed E-state index contributed by atoms with van der Waals surface area (Å²) in [6.45, 7) is 9.73. The number of allylic oxidation sites excluding steroid dienone is 1. The third-order valence-corrected chi connectivity index (χ3v) is 9.51. The van der Waals surface area contributed by atoms with Gasteiger partial charge in [0.05, 0.1) is 0 Å². The van der Waals surface area contributed by atoms with Crippen LogP contribution in [-0.4, -0.2) is 28.6 Å². The highest BCUT2D eigenvalue weighted by atomic mass is 16.5. The van der Waals surface area contributed by atoms with Crippen molar-refractivity contribution in [2.24, 2.45) is 34.5 Å². The van der Waals surface area contributed by atoms with Crippen molar-refractivity contribution in [3.05, 3.63) is 11.6 Å². The van der Waals surface area contributed by atoms with Crippen molar-refractivity contribution in [3.8, 4) is 0 Å². The maximum absolute atomic E-state index is 12.5. The van der Waals surface area contributed by atoms with Gasteiger partial charge >= 0.3 is 5.97 Å². The maximum atomic E-state index is 12.5. The Labute approximate surface area is 169 Å². The largest absolute Gasteiger partial charge is 0.462 e. The zero-order chi connectivity index (χ0) is 20.5. The number of Topliss-reactive ketones (excluding diaryl/α,β-unsaturated/α-hetero) is 1. The van der Waals surface area contributed by atoms with Crippen LogP contribution in [0.4, 0.5) is 0 Å². The average molecular weight is 389 g/mol. The van der Waals surface area contributed by atoms with Gasteiger partial charge in [0, 0.05) is 18.8 Å². The maximum Gasteiger partial charge on any atom is 0.302 e. The molecule has 4 aliphatic rings. The van der Waals surface area contributed by atoms with Gasteiger partial charge in [-0.3, -0.25) is 9.59 Å². The summed E-state index contributed by atoms with van der Waals surface area (Å²) >= 11 is 0. The average Bonchev–Trinajstić information content (AvgIpc) is 2.83. The first kappa shape index (κ1) is 20.1. The SMILES string of the molecule is CC(=O)OC1CC[C@@]2(C)C(=CC[C@@H]3[C@@H]2CC[C@@]2(C)[C@H]3CC(C)[C@]2(O)C(C)=O)C1. The summed E-state index contributed by atoms with van der Waals surface area (Å²) in [6.07, 6.45) is 9.29. The van der Waals surface area contributed by atoms with Crippen molar-refractivity contribution in [1.82, 2.24) is 0 Å². The van der Waals surface area contributed by atoms with E-state index in [1.165, 1.54) is 12.5 Å². The first-order valence-electron chi connectivity index (χ1n) is 11.1. The zero-order valence-corrected chi connectivity index (χ0v) is 18.1. The second-order valence-corrected chi connectivity index (χ2v) is 10.6. The Morgan fingerprint density at radius 3 is 2.50 bits per heavy atom. The number of hydrogen-bond acceptors (Lipinski definition) is 4. The van der Waals surface area contributed by atoms with E-state index >= 15 is 0 Å². The first-order chi connectivity index (χ1) is 13.0. The minimum atomic E-state index is -1.18. The van der Waals surface area contributed by atoms with Crippen LogP contribution in [0.2, 0.25) is 0 Å². The normalized spacial score (nSPS) is 50.1. The molecule has 1 N–H and O–H groups in total. The van der Waals surface area contributed by atoms with Crippen molar-refractivity contribution >= 4 is 11.8 Å². The molecule has 0 heterocycles. The Bertz CT molecular complexity index is 726. The van der Waals surface area contributed by atoms with Gasteiger partial charge in [0.1, 0.15) is 11.7 Å². The van der Waals surface area contributed by atoms with E-state index in [4.69, 9.17) is 4.74 Å². The first-order valence-corrected chi connectivity index (χ1v) is 11.1. The van der Waals surface area contributed by atoms with E-state index in [-0.39, 0.29) is 34.6 Å². The molecule has 0 aromatic heterocycles. The highest BCUT2D eigenvalue weighted by Crippen LogP contribution is 2.68. The predicted molar refractivity (Wildman–Crippen MR) is 107 cm³/mol. The smallest absolute Gasteiger partial charge is 0.302 e. The quantitative estimate of drug-likeness (QED) is 0.561. The molecule has 4 nitrogen and oxygen atoms in total. The minimum Gasteiger partial charge on any atom is -0.462 e. The van der Waals surface area contributed by atoms with Crippen molar-refractivity contribution in [2.45, 2.75) is 91.3 Å². The van der Waals surface area contributed by atoms with E-state index in [2.05, 4.69) is 26.8 Å². The third kappa shape index (κ3) is 2.52. The van der Waals surface area contributed by atoms with E-state index in [1.54, 1.807) is 6.92 Å². The molecule has 0 aromatic rings. The van der Waals surface area contributed by atoms with Crippen LogP contribution >= 0.6 is 0 Å². The molecule has 8 atom stereocenters. The van der Waals surface area contributed by atoms with Crippen LogP contribution in [0.1, 0.15) is 79.6 Å². The molecule has 156 valence electrons. The summed E-state index contributed by atoms with van der Waals surface area (Å²) in [4.78, 5) is 23.9. The summed E-state index contributed by atoms with van der Waals surface area (Å²) in [5, 5.41) is 11.5. The Kier molecular flexibility index (Phi) is 4.61. The molecular formula is C24H36O4. The van der Waals surface area contributed by atoms with E-state index in [9.17, 15) is 14.7 Å². The third-order valence-electron chi connectivity index (χ3n) is 9.51. The number of fused-ring (bicyclic) bond motifs is 5. The topological polar surface area (TPSA) is 63.6 Å². The number of esters is 1. The standard InChI is InChI=1S/C24H36O4/c1-14-12-21-19-7-6-17-13-18(28-16(3)26)8-10-22(17,4)20(19)9-11-23(21,5)24(14,27)15(2)25/h6,14,18-21,27H,7-13H2,1-5H3/t14?,18?,19-,20+,21+,22+,23+,24+/m1/s1. The van der Waals surface area contributed by atoms with Gasteiger partial charge in [-0.05, 0) is 74.5 Å². The molecular weight excluding hydrogens is 352 g/mol. The van der Waals surface area contributed by atoms with E-state index in [1.807, 2.05) is 0 Å². The molecule has 0 aliphatic heterocycles. The molecule has 0 saturated heterocycles. The summed E-state index contributed by atoms with van der Waals surface area (Å²) in [6, 6.07) is 0. The van der Waals surface area contributed by atoms with Gasteiger partial charge in [-0.15, -0.1) is 0 Å². The monoisotopic (exact) mass is 388 g/mol. The number of ketones is 1. The number of hydrogen-bond donors (Lipinski definition) is 1. The molecule has 4 aliphatic carbocycles. The van der Waals surface area contributed by atoms with Gasteiger partial charge in [0.15, 0.2) is 5.78 Å². The van der Waals surface area contributed by atoms with Gasteiger partial charge < -0.3 is 9.84 Å². The lowest BCUT2D eigenvalue weighted by Crippen LogP contribution is -2.58. The summed E-state index contributed by atoms with van der Waals surface area (Å²) in [5.74, 6) is 1.33. The minimum absolute atomic E-state index is 0.0246. The van der Waals surface area contributed by atoms with Gasteiger partial charge in [0.2, 0.25) is 0 Å². The van der Waals surface area contributed by atoms with Crippen LogP contribution in [-0.2, 0) is 14.3 Å². The molecule has 3 fully saturated rings. The second-order valence-electron chi connectivity index (χ2n) is 10.6. The molecule has 3 saturated carbocycles. The number of aliphatic hydroxyl groups is 1. The highest BCUT2D eigenvalue weighted by Gasteiger charge is 2.67. The lowest BCUT2D eigenvalue weighted by atomic mass is 9.46. The fourth-order valence-corrected chi connectivity index (χ4v) is 8.05. The van der Waals surface area contributed by atoms with Gasteiger partial charge in [0.25, 0.3) is 0 Å². The Balaban J connectivity index is 1.64. The predicted octanol–water partition coefficient (Wildman–Crippen LogP) is 4.45. The highest BCUT2D eigenvalue weighted by molar-refractivity contribution is 5.86. The second kappa shape index (κ2) is 6.42. The molecule has 28 heavy (non-hydrogen) atoms. The fourth-order valence-electron chi connectivity index (χ4n) is 8.05. The lowest BCUT2D eigenvalue weighted by Gasteiger charge is -2.58. The molecule has 0 spiro atoms. The van der Waals surface area contributed by atoms with Crippen LogP contribution in [0.25, 0.3) is 0 Å². The van der Waals surface area contributed by atoms with Crippen molar-refractivity contribution < 1.29 is 19.4 Å². The molecule has 0 aromatic carbocycles. The van der Waals surface area contributed by atoms with Crippen molar-refractivity contribution in [2.75, 3.05) is 0 Å². The van der Waals surface area contributed by atoms with E-state index in [0.717, 1.165) is 44.9 Å². The number of ether oxygens (including phenoxy) is 1. The molecule has 0 amide bonds. The number of rotatable bonds is 2. The lowest BCUT2D eigenvalue weighted by molar-refractivity contribution is -0.165. The van der Waals surface area contributed by atoms with Crippen molar-refractivity contribution in [3.63, 3.8) is 0 Å². The fraction of sp³-hybridized carbons (Fsp3) is 0.833. The zero-order valence-electron chi connectivity index (χ0n) is 18.1. The van der Waals surface area contributed by atoms with Gasteiger partial charge in [-0.25, -0.2) is 0 Å². The number of carbonyl (C=O) groups excluding carboxylic acids is 2. The van der Waals surface area contributed by atoms with Crippen molar-refractivity contribution in [1.29, 1.82) is 0 Å². The van der Waals surface area contributed by atoms with Crippen LogP contribution in [0.5, 0.6) is 0 Å². The van der Waals surface area contributed by atoms with E-state index < -0.39 is 5.60 Å². The van der Waals surface area contributed by atoms with Gasteiger partial charge in [-0.1, -0.05) is 32.4 Å². The van der Waals surface area contributed by atoms with Crippen LogP contribution in [0, 0.1) is 34.5 Å². The Morgan fingerprint density at radius 2 is 1.86 bits per heavy atom. The van der Waals surface area contributed by atoms with Crippen LogP contribution in [0.15, 0.2) is 11.6 Å². The Morgan fingerprint density at radius 1 is 1.14 bits per heavy atom. The Hall–Kier alpha value is -1.16. The molecule has 4 heteroatoms. The summed E-state index contributed by atoms with van der Waals surface area (Å²) in [7, 11) is 0. The molecule has 0 bridgehead atoms. The van der Waals surface area contributed by atoms with Crippen LogP contribution < -0.4 is 0 Å². The number of carbonyl (C=O) groups is 2. The molecule has 0 radical (unpaired) electrons. The molecule has 2 unspecified atom stereocenters. The van der Waals surface area contributed by atoms with Crippen LogP contribution in [0.3, 0.4) is 0 Å². The molecule has 4 rings (SSSR count). The summed E-state index contributed by atoms with van der Waals surface area (Å²) in [5.41, 5.74) is 0.153.